The van der Waals surface area contributed by atoms with Gasteiger partial charge in [0.2, 0.25) is 0 Å². The van der Waals surface area contributed by atoms with Crippen LogP contribution >= 0.6 is 11.3 Å². The Kier molecular flexibility index (Phi) is 4.66. The lowest BCUT2D eigenvalue weighted by Gasteiger charge is -2.15. The van der Waals surface area contributed by atoms with Crippen LogP contribution in [0.3, 0.4) is 0 Å². The quantitative estimate of drug-likeness (QED) is 0.924. The topological polar surface area (TPSA) is 70.5 Å². The first-order chi connectivity index (χ1) is 11.5. The molecule has 1 saturated heterocycles. The third-order valence-electron chi connectivity index (χ3n) is 4.39. The lowest BCUT2D eigenvalue weighted by molar-refractivity contribution is -0.141. The second-order valence-electron chi connectivity index (χ2n) is 6.40. The van der Waals surface area contributed by atoms with Gasteiger partial charge in [0, 0.05) is 30.3 Å². The van der Waals surface area contributed by atoms with E-state index in [2.05, 4.69) is 4.98 Å². The van der Waals surface area contributed by atoms with Crippen LogP contribution in [0.1, 0.15) is 46.7 Å². The van der Waals surface area contributed by atoms with E-state index in [1.165, 1.54) is 11.3 Å². The highest BCUT2D eigenvalue weighted by Gasteiger charge is 2.41. The van der Waals surface area contributed by atoms with Gasteiger partial charge < -0.3 is 10.0 Å². The van der Waals surface area contributed by atoms with E-state index in [-0.39, 0.29) is 24.3 Å². The molecule has 2 atom stereocenters. The molecule has 1 amide bonds. The molecule has 6 heteroatoms. The predicted molar refractivity (Wildman–Crippen MR) is 92.4 cm³/mol. The average molecular weight is 344 g/mol. The average Bonchev–Trinajstić information content (AvgIpc) is 3.22. The number of rotatable bonds is 4. The Morgan fingerprint density at radius 3 is 2.54 bits per heavy atom. The van der Waals surface area contributed by atoms with Gasteiger partial charge in [0.1, 0.15) is 5.69 Å². The molecular formula is C18H20N2O3S. The van der Waals surface area contributed by atoms with Crippen LogP contribution in [0.4, 0.5) is 0 Å². The standard InChI is InChI=1S/C18H20N2O3S/c1-11(2)16-19-15(10-24-16)17(21)20-8-13(14(9-20)18(22)23)12-6-4-3-5-7-12/h3-7,10-11,13-14H,8-9H2,1-2H3,(H,22,23). The molecule has 5 nitrogen and oxygen atoms in total. The van der Waals surface area contributed by atoms with Crippen molar-refractivity contribution >= 4 is 23.2 Å². The smallest absolute Gasteiger partial charge is 0.308 e. The number of aromatic nitrogens is 1. The van der Waals surface area contributed by atoms with Crippen molar-refractivity contribution in [2.75, 3.05) is 13.1 Å². The maximum atomic E-state index is 12.7. The van der Waals surface area contributed by atoms with E-state index < -0.39 is 11.9 Å². The molecule has 24 heavy (non-hydrogen) atoms. The number of aliphatic carboxylic acids is 1. The summed E-state index contributed by atoms with van der Waals surface area (Å²) < 4.78 is 0. The molecule has 0 spiro atoms. The molecule has 2 unspecified atom stereocenters. The van der Waals surface area contributed by atoms with Crippen molar-refractivity contribution in [3.05, 3.63) is 52.0 Å². The van der Waals surface area contributed by atoms with E-state index in [9.17, 15) is 14.7 Å². The minimum Gasteiger partial charge on any atom is -0.481 e. The molecule has 1 aliphatic heterocycles. The third kappa shape index (κ3) is 3.19. The molecular weight excluding hydrogens is 324 g/mol. The second kappa shape index (κ2) is 6.73. The van der Waals surface area contributed by atoms with E-state index in [4.69, 9.17) is 0 Å². The Hall–Kier alpha value is -2.21. The zero-order chi connectivity index (χ0) is 17.3. The predicted octanol–water partition coefficient (Wildman–Crippen LogP) is 3.21. The Balaban J connectivity index is 1.82. The fraction of sp³-hybridized carbons (Fsp3) is 0.389. The van der Waals surface area contributed by atoms with E-state index >= 15 is 0 Å². The lowest BCUT2D eigenvalue weighted by Crippen LogP contribution is -2.30. The fourth-order valence-electron chi connectivity index (χ4n) is 3.07. The molecule has 0 saturated carbocycles. The van der Waals surface area contributed by atoms with Gasteiger partial charge in [-0.15, -0.1) is 11.3 Å². The minimum absolute atomic E-state index is 0.178. The number of nitrogens with zero attached hydrogens (tertiary/aromatic N) is 2. The molecule has 0 bridgehead atoms. The molecule has 1 aromatic heterocycles. The summed E-state index contributed by atoms with van der Waals surface area (Å²) in [5, 5.41) is 12.2. The van der Waals surface area contributed by atoms with Gasteiger partial charge >= 0.3 is 5.97 Å². The van der Waals surface area contributed by atoms with Gasteiger partial charge in [0.25, 0.3) is 5.91 Å². The number of carbonyl (C=O) groups is 2. The van der Waals surface area contributed by atoms with Crippen LogP contribution in [0.2, 0.25) is 0 Å². The van der Waals surface area contributed by atoms with Crippen LogP contribution in [0.5, 0.6) is 0 Å². The molecule has 0 aliphatic carbocycles. The summed E-state index contributed by atoms with van der Waals surface area (Å²) in [6, 6.07) is 9.55. The van der Waals surface area contributed by atoms with Gasteiger partial charge in [-0.3, -0.25) is 9.59 Å². The number of carboxylic acid groups (broad SMARTS) is 1. The number of hydrogen-bond acceptors (Lipinski definition) is 4. The SMILES string of the molecule is CC(C)c1nc(C(=O)N2CC(C(=O)O)C(c3ccccc3)C2)cs1. The van der Waals surface area contributed by atoms with Gasteiger partial charge in [-0.2, -0.15) is 0 Å². The van der Waals surface area contributed by atoms with Crippen LogP contribution in [-0.4, -0.2) is 40.0 Å². The summed E-state index contributed by atoms with van der Waals surface area (Å²) >= 11 is 1.47. The maximum Gasteiger partial charge on any atom is 0.308 e. The molecule has 1 aromatic carbocycles. The summed E-state index contributed by atoms with van der Waals surface area (Å²) in [4.78, 5) is 30.4. The van der Waals surface area contributed by atoms with Crippen molar-refractivity contribution in [2.45, 2.75) is 25.7 Å². The van der Waals surface area contributed by atoms with Crippen molar-refractivity contribution in [2.24, 2.45) is 5.92 Å². The van der Waals surface area contributed by atoms with Crippen LogP contribution in [0.15, 0.2) is 35.7 Å². The summed E-state index contributed by atoms with van der Waals surface area (Å²) in [7, 11) is 0. The number of carbonyl (C=O) groups excluding carboxylic acids is 1. The van der Waals surface area contributed by atoms with Gasteiger partial charge in [-0.25, -0.2) is 4.98 Å². The van der Waals surface area contributed by atoms with Gasteiger partial charge in [-0.1, -0.05) is 44.2 Å². The Labute approximate surface area is 145 Å². The van der Waals surface area contributed by atoms with Gasteiger partial charge in [0.15, 0.2) is 0 Å². The van der Waals surface area contributed by atoms with Gasteiger partial charge in [0.05, 0.1) is 10.9 Å². The molecule has 0 radical (unpaired) electrons. The Morgan fingerprint density at radius 2 is 1.96 bits per heavy atom. The number of likely N-dealkylation sites (tertiary alicyclic amines) is 1. The first-order valence-electron chi connectivity index (χ1n) is 7.99. The van der Waals surface area contributed by atoms with Crippen molar-refractivity contribution < 1.29 is 14.7 Å². The summed E-state index contributed by atoms with van der Waals surface area (Å²) in [5.74, 6) is -1.53. The van der Waals surface area contributed by atoms with E-state index in [0.29, 0.717) is 12.2 Å². The molecule has 1 fully saturated rings. The zero-order valence-corrected chi connectivity index (χ0v) is 14.5. The summed E-state index contributed by atoms with van der Waals surface area (Å²) in [5.41, 5.74) is 1.38. The number of thiazole rings is 1. The zero-order valence-electron chi connectivity index (χ0n) is 13.7. The molecule has 1 N–H and O–H groups in total. The van der Waals surface area contributed by atoms with E-state index in [1.807, 2.05) is 44.2 Å². The van der Waals surface area contributed by atoms with Crippen LogP contribution < -0.4 is 0 Å². The summed E-state index contributed by atoms with van der Waals surface area (Å²) in [6.07, 6.45) is 0. The van der Waals surface area contributed by atoms with Crippen LogP contribution in [0, 0.1) is 5.92 Å². The maximum absolute atomic E-state index is 12.7. The van der Waals surface area contributed by atoms with Crippen molar-refractivity contribution in [3.63, 3.8) is 0 Å². The highest BCUT2D eigenvalue weighted by molar-refractivity contribution is 7.09. The summed E-state index contributed by atoms with van der Waals surface area (Å²) in [6.45, 7) is 4.71. The molecule has 1 aliphatic rings. The number of hydrogen-bond donors (Lipinski definition) is 1. The number of carboxylic acids is 1. The Bertz CT molecular complexity index is 742. The largest absolute Gasteiger partial charge is 0.481 e. The van der Waals surface area contributed by atoms with Crippen molar-refractivity contribution in [3.8, 4) is 0 Å². The normalized spacial score (nSPS) is 20.5. The van der Waals surface area contributed by atoms with E-state index in [0.717, 1.165) is 10.6 Å². The second-order valence-corrected chi connectivity index (χ2v) is 7.29. The van der Waals surface area contributed by atoms with Crippen LogP contribution in [-0.2, 0) is 4.79 Å². The van der Waals surface area contributed by atoms with Gasteiger partial charge in [-0.05, 0) is 5.56 Å². The first-order valence-corrected chi connectivity index (χ1v) is 8.87. The number of benzene rings is 1. The van der Waals surface area contributed by atoms with Crippen molar-refractivity contribution in [1.82, 2.24) is 9.88 Å². The minimum atomic E-state index is -0.861. The molecule has 2 heterocycles. The lowest BCUT2D eigenvalue weighted by atomic mass is 9.89. The molecule has 3 rings (SSSR count). The van der Waals surface area contributed by atoms with Crippen LogP contribution in [0.25, 0.3) is 0 Å². The first kappa shape index (κ1) is 16.6. The monoisotopic (exact) mass is 344 g/mol. The Morgan fingerprint density at radius 1 is 1.25 bits per heavy atom. The highest BCUT2D eigenvalue weighted by Crippen LogP contribution is 2.34. The van der Waals surface area contributed by atoms with E-state index in [1.54, 1.807) is 10.3 Å². The number of amides is 1. The fourth-order valence-corrected chi connectivity index (χ4v) is 3.88. The van der Waals surface area contributed by atoms with Crippen molar-refractivity contribution in [1.29, 1.82) is 0 Å². The highest BCUT2D eigenvalue weighted by atomic mass is 32.1. The third-order valence-corrected chi connectivity index (χ3v) is 5.53. The molecule has 2 aromatic rings. The molecule has 126 valence electrons.